The van der Waals surface area contributed by atoms with Crippen LogP contribution >= 0.6 is 0 Å². The van der Waals surface area contributed by atoms with Crippen molar-refractivity contribution in [3.8, 4) is 0 Å². The molecule has 0 radical (unpaired) electrons. The number of ketones is 1. The van der Waals surface area contributed by atoms with Crippen LogP contribution in [0, 0.1) is 0 Å². The molecule has 0 aromatic rings. The van der Waals surface area contributed by atoms with E-state index in [9.17, 15) is 14.4 Å². The van der Waals surface area contributed by atoms with Gasteiger partial charge in [0.15, 0.2) is 5.78 Å². The van der Waals surface area contributed by atoms with E-state index in [1.165, 1.54) is 5.94 Å². The summed E-state index contributed by atoms with van der Waals surface area (Å²) in [6.45, 7) is 0.293. The Morgan fingerprint density at radius 1 is 1.67 bits per heavy atom. The van der Waals surface area contributed by atoms with E-state index in [2.05, 4.69) is 5.32 Å². The van der Waals surface area contributed by atoms with Crippen LogP contribution in [-0.4, -0.2) is 35.4 Å². The number of carboxylic acid groups (broad SMARTS) is 1. The first-order valence-corrected chi connectivity index (χ1v) is 3.41. The average molecular weight is 169 g/mol. The third kappa shape index (κ3) is 1.42. The molecule has 0 amide bonds. The number of carbonyl (C=O) groups excluding carboxylic acids is 2. The normalized spacial score (nSPS) is 23.5. The first kappa shape index (κ1) is 8.64. The molecule has 5 heteroatoms. The molecule has 1 rings (SSSR count). The molecule has 1 saturated heterocycles. The summed E-state index contributed by atoms with van der Waals surface area (Å²) in [4.78, 5) is 31.6. The largest absolute Gasteiger partial charge is 0.480 e. The second-order valence-electron chi connectivity index (χ2n) is 2.41. The summed E-state index contributed by atoms with van der Waals surface area (Å²) in [5, 5.41) is 11.1. The number of nitrogens with one attached hydrogen (secondary N) is 1. The van der Waals surface area contributed by atoms with Crippen LogP contribution in [0.5, 0.6) is 0 Å². The molecule has 1 heterocycles. The van der Waals surface area contributed by atoms with Gasteiger partial charge in [-0.05, 0) is 0 Å². The van der Waals surface area contributed by atoms with Crippen LogP contribution in [0.25, 0.3) is 0 Å². The molecule has 0 bridgehead atoms. The maximum atomic E-state index is 10.9. The number of Topliss-reactive ketones (excluding diaryl/α,β-unsaturated/α-hetero) is 1. The third-order valence-corrected chi connectivity index (χ3v) is 1.65. The van der Waals surface area contributed by atoms with Crippen LogP contribution in [0.3, 0.4) is 0 Å². The minimum Gasteiger partial charge on any atom is -0.480 e. The van der Waals surface area contributed by atoms with Gasteiger partial charge in [-0.1, -0.05) is 0 Å². The first-order valence-electron chi connectivity index (χ1n) is 3.41. The van der Waals surface area contributed by atoms with Gasteiger partial charge in [-0.25, -0.2) is 4.79 Å². The summed E-state index contributed by atoms with van der Waals surface area (Å²) in [5.74, 6) is -0.296. The van der Waals surface area contributed by atoms with Gasteiger partial charge < -0.3 is 5.11 Å². The molecule has 0 spiro atoms. The van der Waals surface area contributed by atoms with Crippen molar-refractivity contribution in [3.05, 3.63) is 5.57 Å². The fourth-order valence-corrected chi connectivity index (χ4v) is 1.05. The Labute approximate surface area is 68.1 Å². The maximum Gasteiger partial charge on any atom is 0.326 e. The Morgan fingerprint density at radius 3 is 2.75 bits per heavy atom. The summed E-state index contributed by atoms with van der Waals surface area (Å²) in [6.07, 6.45) is 0.161. The van der Waals surface area contributed by atoms with Gasteiger partial charge in [0, 0.05) is 13.0 Å². The molecule has 64 valence electrons. The van der Waals surface area contributed by atoms with Crippen molar-refractivity contribution in [3.63, 3.8) is 0 Å². The Balaban J connectivity index is 2.93. The zero-order valence-electron chi connectivity index (χ0n) is 6.16. The van der Waals surface area contributed by atoms with Gasteiger partial charge >= 0.3 is 5.97 Å². The molecule has 12 heavy (non-hydrogen) atoms. The predicted molar refractivity (Wildman–Crippen MR) is 38.3 cm³/mol. The van der Waals surface area contributed by atoms with Crippen LogP contribution < -0.4 is 5.32 Å². The number of carbonyl (C=O) groups is 2. The molecule has 1 aliphatic heterocycles. The van der Waals surface area contributed by atoms with Crippen molar-refractivity contribution in [1.82, 2.24) is 5.32 Å². The lowest BCUT2D eigenvalue weighted by Gasteiger charge is -2.18. The second-order valence-corrected chi connectivity index (χ2v) is 2.41. The van der Waals surface area contributed by atoms with E-state index in [-0.39, 0.29) is 12.0 Å². The molecule has 1 atom stereocenters. The van der Waals surface area contributed by atoms with E-state index in [0.29, 0.717) is 6.54 Å². The quantitative estimate of drug-likeness (QED) is 0.379. The molecule has 0 aliphatic carbocycles. The Morgan fingerprint density at radius 2 is 2.33 bits per heavy atom. The molecule has 2 N–H and O–H groups in total. The van der Waals surface area contributed by atoms with Gasteiger partial charge in [0.25, 0.3) is 0 Å². The summed E-state index contributed by atoms with van der Waals surface area (Å²) in [5.41, 5.74) is -0.311. The molecular formula is C7H7NO4. The number of carboxylic acids is 1. The van der Waals surface area contributed by atoms with E-state index in [4.69, 9.17) is 5.11 Å². The van der Waals surface area contributed by atoms with Gasteiger partial charge in [0.1, 0.15) is 17.6 Å². The van der Waals surface area contributed by atoms with E-state index in [0.717, 1.165) is 0 Å². The fourth-order valence-electron chi connectivity index (χ4n) is 1.05. The lowest BCUT2D eigenvalue weighted by molar-refractivity contribution is -0.139. The van der Waals surface area contributed by atoms with Crippen molar-refractivity contribution in [2.45, 2.75) is 12.5 Å². The molecule has 1 unspecified atom stereocenters. The van der Waals surface area contributed by atoms with Gasteiger partial charge in [0.2, 0.25) is 0 Å². The highest BCUT2D eigenvalue weighted by molar-refractivity contribution is 6.08. The Hall–Kier alpha value is -1.45. The highest BCUT2D eigenvalue weighted by atomic mass is 16.4. The molecule has 1 aliphatic rings. The molecular weight excluding hydrogens is 162 g/mol. The maximum absolute atomic E-state index is 10.9. The average Bonchev–Trinajstić information content (AvgIpc) is 2.03. The summed E-state index contributed by atoms with van der Waals surface area (Å²) in [6, 6.07) is -1.18. The molecule has 5 nitrogen and oxygen atoms in total. The van der Waals surface area contributed by atoms with Crippen molar-refractivity contribution < 1.29 is 19.5 Å². The number of rotatable bonds is 1. The monoisotopic (exact) mass is 169 g/mol. The molecule has 0 aromatic carbocycles. The Kier molecular flexibility index (Phi) is 2.38. The zero-order valence-corrected chi connectivity index (χ0v) is 6.16. The van der Waals surface area contributed by atoms with Crippen molar-refractivity contribution in [1.29, 1.82) is 0 Å². The third-order valence-electron chi connectivity index (χ3n) is 1.65. The van der Waals surface area contributed by atoms with Crippen molar-refractivity contribution in [2.24, 2.45) is 0 Å². The minimum atomic E-state index is -1.22. The summed E-state index contributed by atoms with van der Waals surface area (Å²) >= 11 is 0. The smallest absolute Gasteiger partial charge is 0.326 e. The second kappa shape index (κ2) is 3.30. The predicted octanol–water partition coefficient (Wildman–Crippen LogP) is -1.24. The SMILES string of the molecule is O=C=C1C(=O)CCNC1C(=O)O. The van der Waals surface area contributed by atoms with Crippen molar-refractivity contribution in [2.75, 3.05) is 6.54 Å². The van der Waals surface area contributed by atoms with Crippen LogP contribution in [0.2, 0.25) is 0 Å². The van der Waals surface area contributed by atoms with Crippen LogP contribution in [0.15, 0.2) is 5.57 Å². The van der Waals surface area contributed by atoms with E-state index >= 15 is 0 Å². The van der Waals surface area contributed by atoms with Gasteiger partial charge in [0.05, 0.1) is 0 Å². The number of piperidine rings is 1. The van der Waals surface area contributed by atoms with Gasteiger partial charge in [-0.2, -0.15) is 0 Å². The summed E-state index contributed by atoms with van der Waals surface area (Å²) in [7, 11) is 0. The van der Waals surface area contributed by atoms with E-state index in [1.54, 1.807) is 0 Å². The Bertz CT molecular complexity index is 277. The standard InChI is InChI=1S/C7H7NO4/c9-3-4-5(10)1-2-8-6(4)7(11)12/h6,8H,1-2H2,(H,11,12). The number of hydrogen-bond acceptors (Lipinski definition) is 4. The highest BCUT2D eigenvalue weighted by Gasteiger charge is 2.31. The minimum absolute atomic E-state index is 0.161. The molecule has 0 saturated carbocycles. The lowest BCUT2D eigenvalue weighted by atomic mass is 9.98. The number of aliphatic carboxylic acids is 1. The van der Waals surface area contributed by atoms with Gasteiger partial charge in [-0.15, -0.1) is 0 Å². The van der Waals surface area contributed by atoms with Crippen LogP contribution in [0.4, 0.5) is 0 Å². The van der Waals surface area contributed by atoms with Gasteiger partial charge in [-0.3, -0.25) is 14.9 Å². The van der Waals surface area contributed by atoms with E-state index in [1.807, 2.05) is 0 Å². The van der Waals surface area contributed by atoms with Crippen molar-refractivity contribution >= 4 is 17.7 Å². The first-order chi connectivity index (χ1) is 5.66. The topological polar surface area (TPSA) is 83.5 Å². The molecule has 1 fully saturated rings. The summed E-state index contributed by atoms with van der Waals surface area (Å²) < 4.78 is 0. The van der Waals surface area contributed by atoms with E-state index < -0.39 is 17.8 Å². The van der Waals surface area contributed by atoms with Crippen LogP contribution in [0.1, 0.15) is 6.42 Å². The lowest BCUT2D eigenvalue weighted by Crippen LogP contribution is -2.46. The highest BCUT2D eigenvalue weighted by Crippen LogP contribution is 2.08. The fraction of sp³-hybridized carbons (Fsp3) is 0.429. The molecule has 0 aromatic heterocycles. The van der Waals surface area contributed by atoms with Crippen LogP contribution in [-0.2, 0) is 14.4 Å². The number of hydrogen-bond donors (Lipinski definition) is 2. The zero-order chi connectivity index (χ0) is 9.14.